The first-order chi connectivity index (χ1) is 26.5. The Morgan fingerprint density at radius 2 is 1.11 bits per heavy atom. The van der Waals surface area contributed by atoms with Crippen molar-refractivity contribution >= 4 is 45.3 Å². The van der Waals surface area contributed by atoms with E-state index in [0.29, 0.717) is 5.82 Å². The van der Waals surface area contributed by atoms with Crippen LogP contribution in [0.1, 0.15) is 25.0 Å². The third-order valence-electron chi connectivity index (χ3n) is 11.1. The predicted octanol–water partition coefficient (Wildman–Crippen LogP) is 13.5. The van der Waals surface area contributed by atoms with E-state index in [1.165, 1.54) is 63.6 Å². The molecule has 54 heavy (non-hydrogen) atoms. The van der Waals surface area contributed by atoms with Crippen molar-refractivity contribution < 1.29 is 0 Å². The molecule has 0 radical (unpaired) electrons. The fourth-order valence-electron chi connectivity index (χ4n) is 8.44. The molecule has 1 aliphatic carbocycles. The third-order valence-corrected chi connectivity index (χ3v) is 13.6. The summed E-state index contributed by atoms with van der Waals surface area (Å²) in [6.07, 6.45) is 0. The molecular formula is C49H33N3S2. The van der Waals surface area contributed by atoms with Gasteiger partial charge in [0.05, 0.1) is 22.4 Å². The quantitative estimate of drug-likeness (QED) is 0.181. The molecule has 0 bridgehead atoms. The maximum atomic E-state index is 5.19. The largest absolute Gasteiger partial charge is 0.309 e. The summed E-state index contributed by atoms with van der Waals surface area (Å²) in [6, 6.07) is 59.0. The van der Waals surface area contributed by atoms with Gasteiger partial charge in [0, 0.05) is 63.7 Å². The van der Waals surface area contributed by atoms with Crippen LogP contribution in [0.15, 0.2) is 183 Å². The topological polar surface area (TPSA) is 30.7 Å². The molecule has 5 heteroatoms. The monoisotopic (exact) mass is 727 g/mol. The standard InChI is InChI=1S/C49H33N3S2/c1-49(2)37-25-24-35-34-20-9-10-21-41(34)52(47(35)46(37)36-27-44-45(28-38(36)49)54-43-23-12-11-22-42(43)53-44)33-19-13-18-32(26-33)40-29-39(30-14-5-3-6-15-30)50-48(51-40)31-16-7-4-8-17-31/h3-29H,1-2H3. The van der Waals surface area contributed by atoms with Crippen molar-refractivity contribution in [1.29, 1.82) is 0 Å². The smallest absolute Gasteiger partial charge is 0.160 e. The average Bonchev–Trinajstić information content (AvgIpc) is 3.68. The highest BCUT2D eigenvalue weighted by Gasteiger charge is 2.39. The number of nitrogens with zero attached hydrogens (tertiary/aromatic N) is 3. The highest BCUT2D eigenvalue weighted by molar-refractivity contribution is 8.05. The number of hydrogen-bond donors (Lipinski definition) is 0. The zero-order valence-electron chi connectivity index (χ0n) is 29.7. The first-order valence-corrected chi connectivity index (χ1v) is 20.0. The van der Waals surface area contributed by atoms with Crippen LogP contribution in [0.5, 0.6) is 0 Å². The second-order valence-electron chi connectivity index (χ2n) is 14.6. The van der Waals surface area contributed by atoms with Crippen molar-refractivity contribution in [3.05, 3.63) is 175 Å². The van der Waals surface area contributed by atoms with E-state index < -0.39 is 0 Å². The zero-order chi connectivity index (χ0) is 36.0. The fourth-order valence-corrected chi connectivity index (χ4v) is 10.7. The van der Waals surface area contributed by atoms with Gasteiger partial charge in [-0.3, -0.25) is 0 Å². The molecule has 0 saturated heterocycles. The minimum absolute atomic E-state index is 0.151. The lowest BCUT2D eigenvalue weighted by atomic mass is 9.82. The Kier molecular flexibility index (Phi) is 7.07. The van der Waals surface area contributed by atoms with Gasteiger partial charge in [0.25, 0.3) is 0 Å². The molecule has 11 rings (SSSR count). The molecule has 9 aromatic rings. The molecule has 0 unspecified atom stereocenters. The van der Waals surface area contributed by atoms with Crippen molar-refractivity contribution in [3.63, 3.8) is 0 Å². The van der Waals surface area contributed by atoms with Crippen molar-refractivity contribution in [2.45, 2.75) is 38.8 Å². The van der Waals surface area contributed by atoms with E-state index in [2.05, 4.69) is 158 Å². The Morgan fingerprint density at radius 1 is 0.481 bits per heavy atom. The van der Waals surface area contributed by atoms with Gasteiger partial charge in [-0.15, -0.1) is 0 Å². The molecule has 0 spiro atoms. The number of benzene rings is 7. The van der Waals surface area contributed by atoms with Crippen molar-refractivity contribution in [2.75, 3.05) is 0 Å². The van der Waals surface area contributed by atoms with E-state index in [-0.39, 0.29) is 5.41 Å². The van der Waals surface area contributed by atoms with Gasteiger partial charge in [-0.05, 0) is 65.2 Å². The Labute approximate surface area is 322 Å². The Hall–Kier alpha value is -5.88. The van der Waals surface area contributed by atoms with E-state index in [0.717, 1.165) is 33.8 Å². The predicted molar refractivity (Wildman–Crippen MR) is 225 cm³/mol. The highest BCUT2D eigenvalue weighted by atomic mass is 32.2. The molecular weight excluding hydrogens is 695 g/mol. The van der Waals surface area contributed by atoms with Crippen LogP contribution in [0.4, 0.5) is 0 Å². The van der Waals surface area contributed by atoms with E-state index in [4.69, 9.17) is 9.97 Å². The van der Waals surface area contributed by atoms with Gasteiger partial charge < -0.3 is 4.57 Å². The molecule has 256 valence electrons. The molecule has 0 amide bonds. The van der Waals surface area contributed by atoms with Gasteiger partial charge >= 0.3 is 0 Å². The number of hydrogen-bond acceptors (Lipinski definition) is 4. The van der Waals surface area contributed by atoms with Crippen molar-refractivity contribution in [1.82, 2.24) is 14.5 Å². The first-order valence-electron chi connectivity index (χ1n) is 18.3. The third kappa shape index (κ3) is 4.85. The zero-order valence-corrected chi connectivity index (χ0v) is 31.4. The van der Waals surface area contributed by atoms with E-state index in [1.807, 2.05) is 47.8 Å². The molecule has 0 fully saturated rings. The number of fused-ring (bicyclic) bond motifs is 9. The van der Waals surface area contributed by atoms with Gasteiger partial charge in [-0.25, -0.2) is 9.97 Å². The van der Waals surface area contributed by atoms with Crippen LogP contribution >= 0.6 is 23.5 Å². The lowest BCUT2D eigenvalue weighted by molar-refractivity contribution is 0.658. The molecule has 1 aliphatic heterocycles. The van der Waals surface area contributed by atoms with Crippen LogP contribution in [-0.4, -0.2) is 14.5 Å². The first kappa shape index (κ1) is 31.6. The molecule has 2 aromatic heterocycles. The van der Waals surface area contributed by atoms with Crippen LogP contribution in [0, 0.1) is 0 Å². The molecule has 0 atom stereocenters. The Morgan fingerprint density at radius 3 is 1.87 bits per heavy atom. The highest BCUT2D eigenvalue weighted by Crippen LogP contribution is 2.57. The second-order valence-corrected chi connectivity index (χ2v) is 16.8. The SMILES string of the molecule is CC1(C)c2cc3c(cc2-c2c1ccc1c4ccccc4n(-c4cccc(-c5cc(-c6ccccc6)nc(-c6ccccc6)n5)c4)c21)Sc1ccccc1S3. The Bertz CT molecular complexity index is 2910. The summed E-state index contributed by atoms with van der Waals surface area (Å²) in [6.45, 7) is 4.78. The molecule has 0 N–H and O–H groups in total. The lowest BCUT2D eigenvalue weighted by Gasteiger charge is -2.24. The molecule has 2 aliphatic rings. The number of rotatable bonds is 4. The second kappa shape index (κ2) is 12.1. The van der Waals surface area contributed by atoms with Crippen LogP contribution in [0.25, 0.3) is 72.5 Å². The van der Waals surface area contributed by atoms with Crippen LogP contribution in [0.3, 0.4) is 0 Å². The minimum Gasteiger partial charge on any atom is -0.309 e. The molecule has 3 heterocycles. The summed E-state index contributed by atoms with van der Waals surface area (Å²) >= 11 is 3.79. The van der Waals surface area contributed by atoms with Crippen molar-refractivity contribution in [3.8, 4) is 50.7 Å². The molecule has 0 saturated carbocycles. The molecule has 7 aromatic carbocycles. The summed E-state index contributed by atoms with van der Waals surface area (Å²) in [5, 5.41) is 2.52. The van der Waals surface area contributed by atoms with Gasteiger partial charge in [-0.1, -0.05) is 153 Å². The van der Waals surface area contributed by atoms with Crippen molar-refractivity contribution in [2.24, 2.45) is 0 Å². The van der Waals surface area contributed by atoms with Crippen LogP contribution in [0.2, 0.25) is 0 Å². The van der Waals surface area contributed by atoms with Gasteiger partial charge in [0.2, 0.25) is 0 Å². The van der Waals surface area contributed by atoms with Gasteiger partial charge in [-0.2, -0.15) is 0 Å². The summed E-state index contributed by atoms with van der Waals surface area (Å²) in [5.41, 5.74) is 13.7. The number of para-hydroxylation sites is 1. The van der Waals surface area contributed by atoms with E-state index >= 15 is 0 Å². The van der Waals surface area contributed by atoms with E-state index in [9.17, 15) is 0 Å². The average molecular weight is 728 g/mol. The summed E-state index contributed by atoms with van der Waals surface area (Å²) < 4.78 is 2.49. The van der Waals surface area contributed by atoms with Gasteiger partial charge in [0.15, 0.2) is 5.82 Å². The Balaban J connectivity index is 1.14. The normalized spacial score (nSPS) is 13.7. The van der Waals surface area contributed by atoms with Crippen LogP contribution < -0.4 is 0 Å². The van der Waals surface area contributed by atoms with Gasteiger partial charge in [0.1, 0.15) is 0 Å². The minimum atomic E-state index is -0.151. The molecule has 3 nitrogen and oxygen atoms in total. The van der Waals surface area contributed by atoms with Crippen LogP contribution in [-0.2, 0) is 5.41 Å². The number of aromatic nitrogens is 3. The van der Waals surface area contributed by atoms with E-state index in [1.54, 1.807) is 0 Å². The fraction of sp³-hybridized carbons (Fsp3) is 0.0612. The maximum absolute atomic E-state index is 5.19. The summed E-state index contributed by atoms with van der Waals surface area (Å²) in [7, 11) is 0. The summed E-state index contributed by atoms with van der Waals surface area (Å²) in [5.74, 6) is 0.716. The maximum Gasteiger partial charge on any atom is 0.160 e. The lowest BCUT2D eigenvalue weighted by Crippen LogP contribution is -2.15. The summed E-state index contributed by atoms with van der Waals surface area (Å²) in [4.78, 5) is 15.6.